The van der Waals surface area contributed by atoms with Gasteiger partial charge in [0.05, 0.1) is 6.54 Å². The minimum absolute atomic E-state index is 0.207. The lowest BCUT2D eigenvalue weighted by molar-refractivity contribution is -0.137. The van der Waals surface area contributed by atoms with Gasteiger partial charge in [-0.1, -0.05) is 19.3 Å². The number of hydrogen-bond donors (Lipinski definition) is 1. The fourth-order valence-electron chi connectivity index (χ4n) is 3.48. The van der Waals surface area contributed by atoms with E-state index in [4.69, 9.17) is 5.11 Å². The van der Waals surface area contributed by atoms with Gasteiger partial charge < -0.3 is 10.0 Å². The summed E-state index contributed by atoms with van der Waals surface area (Å²) < 4.78 is 0. The molecule has 5 nitrogen and oxygen atoms in total. The second-order valence-electron chi connectivity index (χ2n) is 6.35. The molecular weight excluding hydrogens is 268 g/mol. The Kier molecular flexibility index (Phi) is 6.49. The first-order chi connectivity index (χ1) is 10.2. The molecule has 2 heterocycles. The molecule has 0 aromatic carbocycles. The summed E-state index contributed by atoms with van der Waals surface area (Å²) in [5.74, 6) is -0.501. The lowest BCUT2D eigenvalue weighted by Crippen LogP contribution is -2.47. The molecule has 0 aromatic heterocycles. The fraction of sp³-hybridized carbons (Fsp3) is 0.875. The number of carboxylic acids is 1. The zero-order valence-electron chi connectivity index (χ0n) is 12.9. The maximum Gasteiger partial charge on any atom is 0.303 e. The molecule has 2 saturated heterocycles. The summed E-state index contributed by atoms with van der Waals surface area (Å²) in [4.78, 5) is 27.5. The van der Waals surface area contributed by atoms with E-state index in [0.29, 0.717) is 13.0 Å². The molecule has 2 rings (SSSR count). The highest BCUT2D eigenvalue weighted by Crippen LogP contribution is 2.21. The van der Waals surface area contributed by atoms with Gasteiger partial charge in [-0.2, -0.15) is 0 Å². The van der Waals surface area contributed by atoms with Crippen molar-refractivity contribution in [3.8, 4) is 0 Å². The zero-order valence-corrected chi connectivity index (χ0v) is 12.9. The van der Waals surface area contributed by atoms with Crippen LogP contribution in [0.4, 0.5) is 0 Å². The van der Waals surface area contributed by atoms with Crippen molar-refractivity contribution < 1.29 is 14.7 Å². The second-order valence-corrected chi connectivity index (χ2v) is 6.35. The van der Waals surface area contributed by atoms with Crippen molar-refractivity contribution in [2.75, 3.05) is 26.2 Å². The number of amides is 1. The van der Waals surface area contributed by atoms with E-state index in [1.165, 1.54) is 12.8 Å². The van der Waals surface area contributed by atoms with Crippen LogP contribution in [0.25, 0.3) is 0 Å². The second kappa shape index (κ2) is 8.37. The van der Waals surface area contributed by atoms with Crippen LogP contribution in [0.3, 0.4) is 0 Å². The van der Waals surface area contributed by atoms with Crippen LogP contribution in [0.2, 0.25) is 0 Å². The summed E-state index contributed by atoms with van der Waals surface area (Å²) in [6, 6.07) is 0.269. The number of hydrogen-bond acceptors (Lipinski definition) is 3. The predicted molar refractivity (Wildman–Crippen MR) is 81.1 cm³/mol. The van der Waals surface area contributed by atoms with Gasteiger partial charge in [0.25, 0.3) is 0 Å². The predicted octanol–water partition coefficient (Wildman–Crippen LogP) is 2.11. The van der Waals surface area contributed by atoms with Gasteiger partial charge in [0.15, 0.2) is 0 Å². The molecule has 21 heavy (non-hydrogen) atoms. The highest BCUT2D eigenvalue weighted by molar-refractivity contribution is 5.78. The van der Waals surface area contributed by atoms with Gasteiger partial charge in [-0.3, -0.25) is 14.5 Å². The van der Waals surface area contributed by atoms with Crippen LogP contribution in [0, 0.1) is 0 Å². The Morgan fingerprint density at radius 3 is 2.29 bits per heavy atom. The van der Waals surface area contributed by atoms with Gasteiger partial charge >= 0.3 is 5.97 Å². The summed E-state index contributed by atoms with van der Waals surface area (Å²) >= 11 is 0. The first-order valence-corrected chi connectivity index (χ1v) is 8.40. The van der Waals surface area contributed by atoms with Crippen molar-refractivity contribution in [2.45, 2.75) is 63.8 Å². The van der Waals surface area contributed by atoms with E-state index in [9.17, 15) is 9.59 Å². The van der Waals surface area contributed by atoms with Crippen molar-refractivity contribution in [2.24, 2.45) is 0 Å². The number of carbonyl (C=O) groups excluding carboxylic acids is 1. The first kappa shape index (κ1) is 16.3. The van der Waals surface area contributed by atoms with Crippen LogP contribution in [0.5, 0.6) is 0 Å². The van der Waals surface area contributed by atoms with Gasteiger partial charge in [-0.05, 0) is 38.6 Å². The Labute approximate surface area is 127 Å². The smallest absolute Gasteiger partial charge is 0.303 e. The summed E-state index contributed by atoms with van der Waals surface area (Å²) in [7, 11) is 0. The average molecular weight is 296 g/mol. The molecule has 1 N–H and O–H groups in total. The Balaban J connectivity index is 1.85. The molecule has 0 aliphatic carbocycles. The quantitative estimate of drug-likeness (QED) is 0.844. The minimum atomic E-state index is -0.737. The van der Waals surface area contributed by atoms with Gasteiger partial charge in [0.1, 0.15) is 0 Å². The van der Waals surface area contributed by atoms with Crippen LogP contribution in [0.15, 0.2) is 0 Å². The van der Waals surface area contributed by atoms with E-state index in [-0.39, 0.29) is 18.4 Å². The molecule has 120 valence electrons. The number of likely N-dealkylation sites (tertiary alicyclic amines) is 2. The van der Waals surface area contributed by atoms with Crippen LogP contribution < -0.4 is 0 Å². The van der Waals surface area contributed by atoms with Crippen LogP contribution in [-0.2, 0) is 9.59 Å². The van der Waals surface area contributed by atoms with Gasteiger partial charge in [0, 0.05) is 25.6 Å². The number of carboxylic acid groups (broad SMARTS) is 1. The average Bonchev–Trinajstić information content (AvgIpc) is 2.75. The summed E-state index contributed by atoms with van der Waals surface area (Å²) in [5, 5.41) is 8.85. The highest BCUT2D eigenvalue weighted by Gasteiger charge is 2.26. The number of aliphatic carboxylic acids is 1. The van der Waals surface area contributed by atoms with Crippen molar-refractivity contribution in [3.05, 3.63) is 0 Å². The summed E-state index contributed by atoms with van der Waals surface area (Å²) in [5.41, 5.74) is 0. The monoisotopic (exact) mass is 296 g/mol. The van der Waals surface area contributed by atoms with Crippen molar-refractivity contribution in [3.63, 3.8) is 0 Å². The maximum atomic E-state index is 12.5. The molecule has 2 aliphatic rings. The molecule has 1 unspecified atom stereocenters. The van der Waals surface area contributed by atoms with Crippen LogP contribution in [0.1, 0.15) is 57.8 Å². The lowest BCUT2D eigenvalue weighted by Gasteiger charge is -2.36. The lowest BCUT2D eigenvalue weighted by atomic mass is 9.98. The van der Waals surface area contributed by atoms with Crippen molar-refractivity contribution in [1.29, 1.82) is 0 Å². The van der Waals surface area contributed by atoms with Crippen LogP contribution in [-0.4, -0.2) is 59.0 Å². The third-order valence-electron chi connectivity index (χ3n) is 4.74. The summed E-state index contributed by atoms with van der Waals surface area (Å²) in [6.07, 6.45) is 8.88. The zero-order chi connectivity index (χ0) is 15.1. The highest BCUT2D eigenvalue weighted by atomic mass is 16.4. The van der Waals surface area contributed by atoms with E-state index >= 15 is 0 Å². The molecular formula is C16H28N2O3. The van der Waals surface area contributed by atoms with Gasteiger partial charge in [0.2, 0.25) is 5.91 Å². The molecule has 0 aromatic rings. The SMILES string of the molecule is O=C(O)CCC1CCCCN1CC(=O)N1CCCCCC1. The van der Waals surface area contributed by atoms with E-state index in [1.807, 2.05) is 4.90 Å². The van der Waals surface area contributed by atoms with E-state index < -0.39 is 5.97 Å². The fourth-order valence-corrected chi connectivity index (χ4v) is 3.48. The molecule has 2 aliphatic heterocycles. The van der Waals surface area contributed by atoms with E-state index in [0.717, 1.165) is 51.7 Å². The minimum Gasteiger partial charge on any atom is -0.481 e. The van der Waals surface area contributed by atoms with Crippen LogP contribution >= 0.6 is 0 Å². The molecule has 0 radical (unpaired) electrons. The number of piperidine rings is 1. The standard InChI is InChI=1S/C16H28N2O3/c19-15(17-10-4-1-2-5-11-17)13-18-12-6-3-7-14(18)8-9-16(20)21/h14H,1-13H2,(H,20,21). The molecule has 0 spiro atoms. The number of carbonyl (C=O) groups is 2. The number of rotatable bonds is 5. The van der Waals surface area contributed by atoms with Gasteiger partial charge in [-0.15, -0.1) is 0 Å². The third kappa shape index (κ3) is 5.30. The molecule has 0 saturated carbocycles. The van der Waals surface area contributed by atoms with Gasteiger partial charge in [-0.25, -0.2) is 0 Å². The molecule has 0 bridgehead atoms. The van der Waals surface area contributed by atoms with E-state index in [2.05, 4.69) is 4.90 Å². The topological polar surface area (TPSA) is 60.9 Å². The Morgan fingerprint density at radius 1 is 0.952 bits per heavy atom. The van der Waals surface area contributed by atoms with Crippen molar-refractivity contribution in [1.82, 2.24) is 9.80 Å². The first-order valence-electron chi connectivity index (χ1n) is 8.40. The largest absolute Gasteiger partial charge is 0.481 e. The van der Waals surface area contributed by atoms with E-state index in [1.54, 1.807) is 0 Å². The Bertz CT molecular complexity index is 351. The third-order valence-corrected chi connectivity index (χ3v) is 4.74. The Hall–Kier alpha value is -1.10. The molecule has 5 heteroatoms. The normalized spacial score (nSPS) is 24.6. The number of nitrogens with zero attached hydrogens (tertiary/aromatic N) is 2. The maximum absolute atomic E-state index is 12.5. The molecule has 1 atom stereocenters. The Morgan fingerprint density at radius 2 is 1.62 bits per heavy atom. The van der Waals surface area contributed by atoms with Crippen molar-refractivity contribution >= 4 is 11.9 Å². The molecule has 1 amide bonds. The molecule has 2 fully saturated rings. The summed E-state index contributed by atoms with van der Waals surface area (Å²) in [6.45, 7) is 3.20.